The summed E-state index contributed by atoms with van der Waals surface area (Å²) in [5, 5.41) is 8.80. The molecule has 5 aromatic rings. The quantitative estimate of drug-likeness (QED) is 0.147. The number of piperidine rings is 3. The summed E-state index contributed by atoms with van der Waals surface area (Å²) in [5.41, 5.74) is 6.19. The fraction of sp³-hybridized carbons (Fsp3) is 0.462. The lowest BCUT2D eigenvalue weighted by Gasteiger charge is -2.39. The zero-order valence-corrected chi connectivity index (χ0v) is 40.0. The smallest absolute Gasteiger partial charge is 0.270 e. The fourth-order valence-corrected chi connectivity index (χ4v) is 11.3. The maximum Gasteiger partial charge on any atom is 0.270 e. The Kier molecular flexibility index (Phi) is 12.7. The maximum atomic E-state index is 13.7. The second-order valence-electron chi connectivity index (χ2n) is 20.0. The summed E-state index contributed by atoms with van der Waals surface area (Å²) in [6.07, 6.45) is 9.79. The molecular formula is C52H59N13O6. The highest BCUT2D eigenvalue weighted by Gasteiger charge is 2.45. The molecule has 0 spiro atoms. The van der Waals surface area contributed by atoms with Crippen molar-refractivity contribution in [2.45, 2.75) is 82.8 Å². The number of nitrogens with one attached hydrogen (secondary N) is 3. The zero-order chi connectivity index (χ0) is 48.8. The van der Waals surface area contributed by atoms with Crippen molar-refractivity contribution in [2.75, 3.05) is 74.0 Å². The Morgan fingerprint density at radius 2 is 1.49 bits per heavy atom. The number of imidazole rings is 1. The van der Waals surface area contributed by atoms with Crippen LogP contribution in [0.5, 0.6) is 0 Å². The van der Waals surface area contributed by atoms with Crippen LogP contribution >= 0.6 is 0 Å². The Morgan fingerprint density at radius 1 is 0.761 bits per heavy atom. The molecule has 5 aliphatic heterocycles. The number of hydrogen-bond donors (Lipinski definition) is 3. The number of piperazine rings is 1. The number of nitrogens with zero attached hydrogens (tertiary/aromatic N) is 10. The van der Waals surface area contributed by atoms with E-state index in [4.69, 9.17) is 0 Å². The summed E-state index contributed by atoms with van der Waals surface area (Å²) < 4.78 is 2.08. The van der Waals surface area contributed by atoms with Gasteiger partial charge in [0.15, 0.2) is 17.0 Å². The Balaban J connectivity index is 0.589. The zero-order valence-electron chi connectivity index (χ0n) is 40.0. The number of anilines is 4. The number of carbonyl (C=O) groups is 6. The summed E-state index contributed by atoms with van der Waals surface area (Å²) in [6, 6.07) is 18.4. The Morgan fingerprint density at radius 3 is 2.24 bits per heavy atom. The molecule has 0 radical (unpaired) electrons. The standard InChI is InChI=1S/C52H59N13O6/c1-32-3-2-4-42(56-32)48(67)58-36-27-39(28-36)64-31-55-45-46(53-30-54-47(45)64)57-35-5-7-37(8-6-35)62-25-23-60(24-26-62)18-13-33-14-19-63(20-15-33)50(69)34-16-21-61(22-17-34)38-9-10-40-41(29-38)52(71)65(51(40)70)43-11-12-44(66)59-49(43)68/h2-10,29-31,33-34,36,39,43H,11-28H2,1H3,(H,58,67)(H,53,54,57)(H,59,66,68)/t36?,39?,43-/m0/s1. The van der Waals surface area contributed by atoms with Crippen molar-refractivity contribution in [2.24, 2.45) is 11.8 Å². The molecule has 0 bridgehead atoms. The van der Waals surface area contributed by atoms with Gasteiger partial charge < -0.3 is 29.9 Å². The average Bonchev–Trinajstić information content (AvgIpc) is 3.92. The van der Waals surface area contributed by atoms with Crippen molar-refractivity contribution in [3.63, 3.8) is 0 Å². The molecule has 2 aromatic carbocycles. The largest absolute Gasteiger partial charge is 0.371 e. The molecule has 3 aromatic heterocycles. The van der Waals surface area contributed by atoms with E-state index in [2.05, 4.69) is 84.3 Å². The molecule has 1 aliphatic carbocycles. The summed E-state index contributed by atoms with van der Waals surface area (Å²) in [5.74, 6) is -0.732. The first kappa shape index (κ1) is 46.1. The van der Waals surface area contributed by atoms with Gasteiger partial charge in [0, 0.05) is 99.5 Å². The molecule has 19 heteroatoms. The topological polar surface area (TPSA) is 211 Å². The second kappa shape index (κ2) is 19.5. The third-order valence-electron chi connectivity index (χ3n) is 15.6. The Bertz CT molecular complexity index is 2880. The molecule has 8 heterocycles. The number of likely N-dealkylation sites (tertiary alicyclic amines) is 1. The van der Waals surface area contributed by atoms with Gasteiger partial charge in [-0.15, -0.1) is 0 Å². The number of aromatic nitrogens is 5. The molecule has 6 amide bonds. The first-order valence-corrected chi connectivity index (χ1v) is 25.2. The minimum Gasteiger partial charge on any atom is -0.371 e. The van der Waals surface area contributed by atoms with Crippen LogP contribution in [0.15, 0.2) is 73.3 Å². The molecule has 1 atom stereocenters. The van der Waals surface area contributed by atoms with E-state index in [1.807, 2.05) is 31.5 Å². The van der Waals surface area contributed by atoms with Crippen LogP contribution < -0.4 is 25.8 Å². The van der Waals surface area contributed by atoms with E-state index in [9.17, 15) is 28.8 Å². The number of rotatable bonds is 12. The molecule has 4 saturated heterocycles. The monoisotopic (exact) mass is 961 g/mol. The van der Waals surface area contributed by atoms with Gasteiger partial charge in [0.1, 0.15) is 18.1 Å². The van der Waals surface area contributed by atoms with Crippen molar-refractivity contribution >= 4 is 69.5 Å². The number of amides is 6. The van der Waals surface area contributed by atoms with E-state index in [1.54, 1.807) is 24.5 Å². The molecule has 71 heavy (non-hydrogen) atoms. The van der Waals surface area contributed by atoms with Crippen molar-refractivity contribution in [3.8, 4) is 0 Å². The van der Waals surface area contributed by atoms with Crippen LogP contribution in [-0.2, 0) is 14.4 Å². The van der Waals surface area contributed by atoms with Gasteiger partial charge in [-0.05, 0) is 125 Å². The molecule has 0 unspecified atom stereocenters. The van der Waals surface area contributed by atoms with Crippen LogP contribution in [0.25, 0.3) is 11.2 Å². The molecule has 368 valence electrons. The van der Waals surface area contributed by atoms with Crippen LogP contribution in [0, 0.1) is 18.8 Å². The van der Waals surface area contributed by atoms with E-state index >= 15 is 0 Å². The van der Waals surface area contributed by atoms with Crippen molar-refractivity contribution in [3.05, 3.63) is 95.8 Å². The number of benzene rings is 2. The number of imide groups is 2. The van der Waals surface area contributed by atoms with Gasteiger partial charge in [0.25, 0.3) is 17.7 Å². The van der Waals surface area contributed by atoms with E-state index in [-0.39, 0.29) is 53.8 Å². The van der Waals surface area contributed by atoms with Crippen molar-refractivity contribution in [1.82, 2.24) is 49.8 Å². The van der Waals surface area contributed by atoms with Crippen molar-refractivity contribution < 1.29 is 28.8 Å². The van der Waals surface area contributed by atoms with Crippen LogP contribution in [-0.4, -0.2) is 146 Å². The molecule has 1 saturated carbocycles. The Hall–Kier alpha value is -7.28. The van der Waals surface area contributed by atoms with Crippen LogP contribution in [0.4, 0.5) is 22.9 Å². The number of pyridine rings is 1. The predicted octanol–water partition coefficient (Wildman–Crippen LogP) is 4.48. The highest BCUT2D eigenvalue weighted by Crippen LogP contribution is 2.37. The third kappa shape index (κ3) is 9.42. The predicted molar refractivity (Wildman–Crippen MR) is 264 cm³/mol. The van der Waals surface area contributed by atoms with E-state index in [1.165, 1.54) is 5.69 Å². The lowest BCUT2D eigenvalue weighted by Crippen LogP contribution is -2.54. The maximum absolute atomic E-state index is 13.7. The summed E-state index contributed by atoms with van der Waals surface area (Å²) in [4.78, 5) is 105. The molecule has 5 fully saturated rings. The summed E-state index contributed by atoms with van der Waals surface area (Å²) in [7, 11) is 0. The molecule has 11 rings (SSSR count). The number of aryl methyl sites for hydroxylation is 1. The van der Waals surface area contributed by atoms with Gasteiger partial charge in [0.05, 0.1) is 17.5 Å². The number of hydrogen-bond acceptors (Lipinski definition) is 14. The summed E-state index contributed by atoms with van der Waals surface area (Å²) >= 11 is 0. The van der Waals surface area contributed by atoms with Gasteiger partial charge >= 0.3 is 0 Å². The lowest BCUT2D eigenvalue weighted by atomic mass is 9.86. The van der Waals surface area contributed by atoms with Gasteiger partial charge in [-0.2, -0.15) is 0 Å². The average molecular weight is 962 g/mol. The molecule has 6 aliphatic rings. The van der Waals surface area contributed by atoms with E-state index in [0.29, 0.717) is 36.0 Å². The molecule has 19 nitrogen and oxygen atoms in total. The van der Waals surface area contributed by atoms with Gasteiger partial charge in [0.2, 0.25) is 17.7 Å². The number of fused-ring (bicyclic) bond motifs is 2. The minimum atomic E-state index is -0.995. The van der Waals surface area contributed by atoms with Gasteiger partial charge in [-0.1, -0.05) is 6.07 Å². The molecule has 3 N–H and O–H groups in total. The lowest BCUT2D eigenvalue weighted by molar-refractivity contribution is -0.138. The summed E-state index contributed by atoms with van der Waals surface area (Å²) in [6.45, 7) is 9.83. The number of carbonyl (C=O) groups excluding carboxylic acids is 6. The first-order valence-electron chi connectivity index (χ1n) is 25.2. The minimum absolute atomic E-state index is 0.0356. The Labute approximate surface area is 411 Å². The SMILES string of the molecule is Cc1cccc(C(=O)NC2CC(n3cnc4c(Nc5ccc(N6CCN(CCC7CCN(C(=O)C8CCN(c9ccc%10c(c9)C(=O)N([C@H]9CCC(=O)NC9=O)C%10=O)CC8)CC7)CC6)cc5)ncnc43)C2)n1. The highest BCUT2D eigenvalue weighted by molar-refractivity contribution is 6.23. The van der Waals surface area contributed by atoms with Crippen LogP contribution in [0.1, 0.15) is 101 Å². The highest BCUT2D eigenvalue weighted by atomic mass is 16.2. The van der Waals surface area contributed by atoms with E-state index < -0.39 is 29.7 Å². The van der Waals surface area contributed by atoms with E-state index in [0.717, 1.165) is 118 Å². The van der Waals surface area contributed by atoms with Crippen molar-refractivity contribution in [1.29, 1.82) is 0 Å². The first-order chi connectivity index (χ1) is 34.5. The normalized spacial score (nSPS) is 22.4. The second-order valence-corrected chi connectivity index (χ2v) is 20.0. The fourth-order valence-electron chi connectivity index (χ4n) is 11.3. The third-order valence-corrected chi connectivity index (χ3v) is 15.6. The van der Waals surface area contributed by atoms with Gasteiger partial charge in [-0.25, -0.2) is 19.9 Å². The van der Waals surface area contributed by atoms with Gasteiger partial charge in [-0.3, -0.25) is 43.9 Å². The van der Waals surface area contributed by atoms with Crippen LogP contribution in [0.3, 0.4) is 0 Å². The van der Waals surface area contributed by atoms with Crippen LogP contribution in [0.2, 0.25) is 0 Å². The molecular weight excluding hydrogens is 903 g/mol.